The van der Waals surface area contributed by atoms with E-state index in [9.17, 15) is 19.7 Å². The van der Waals surface area contributed by atoms with E-state index in [4.69, 9.17) is 4.74 Å². The summed E-state index contributed by atoms with van der Waals surface area (Å²) in [4.78, 5) is 33.6. The lowest BCUT2D eigenvalue weighted by Crippen LogP contribution is -2.52. The number of ether oxygens (including phenoxy) is 1. The van der Waals surface area contributed by atoms with E-state index in [0.29, 0.717) is 19.3 Å². The lowest BCUT2D eigenvalue weighted by atomic mass is 9.75. The fourth-order valence-electron chi connectivity index (χ4n) is 2.17. The minimum atomic E-state index is -1.80. The van der Waals surface area contributed by atoms with Crippen LogP contribution < -0.4 is 0 Å². The second kappa shape index (κ2) is 5.25. The van der Waals surface area contributed by atoms with Crippen molar-refractivity contribution < 1.29 is 19.2 Å². The molecule has 0 radical (unpaired) electrons. The molecule has 0 aromatic carbocycles. The van der Waals surface area contributed by atoms with Gasteiger partial charge in [0.05, 0.1) is 6.61 Å². The van der Waals surface area contributed by atoms with Crippen molar-refractivity contribution in [1.29, 1.82) is 0 Å². The summed E-state index contributed by atoms with van der Waals surface area (Å²) in [7, 11) is 0. The molecule has 0 bridgehead atoms. The van der Waals surface area contributed by atoms with E-state index in [1.54, 1.807) is 6.92 Å². The molecule has 0 heterocycles. The van der Waals surface area contributed by atoms with Crippen LogP contribution in [0.3, 0.4) is 0 Å². The predicted molar refractivity (Wildman–Crippen MR) is 59.0 cm³/mol. The van der Waals surface area contributed by atoms with Crippen LogP contribution in [0, 0.1) is 16.0 Å². The molecule has 1 rings (SSSR count). The van der Waals surface area contributed by atoms with Gasteiger partial charge < -0.3 is 4.74 Å². The van der Waals surface area contributed by atoms with Gasteiger partial charge in [-0.15, -0.1) is 0 Å². The molecule has 2 atom stereocenters. The van der Waals surface area contributed by atoms with Crippen molar-refractivity contribution >= 4 is 11.8 Å². The van der Waals surface area contributed by atoms with Crippen LogP contribution in [-0.4, -0.2) is 28.8 Å². The van der Waals surface area contributed by atoms with Crippen LogP contribution in [-0.2, 0) is 14.3 Å². The number of rotatable bonds is 4. The van der Waals surface area contributed by atoms with E-state index < -0.39 is 22.3 Å². The highest BCUT2D eigenvalue weighted by molar-refractivity contribution is 5.83. The van der Waals surface area contributed by atoms with Gasteiger partial charge in [-0.05, 0) is 19.8 Å². The van der Waals surface area contributed by atoms with Crippen molar-refractivity contribution in [2.24, 2.45) is 5.92 Å². The van der Waals surface area contributed by atoms with Crippen LogP contribution >= 0.6 is 0 Å². The van der Waals surface area contributed by atoms with Crippen molar-refractivity contribution in [1.82, 2.24) is 0 Å². The molecular formula is C11H17NO5. The Kier molecular flexibility index (Phi) is 4.20. The van der Waals surface area contributed by atoms with E-state index in [0.717, 1.165) is 0 Å². The van der Waals surface area contributed by atoms with Gasteiger partial charge >= 0.3 is 11.5 Å². The smallest absolute Gasteiger partial charge is 0.384 e. The summed E-state index contributed by atoms with van der Waals surface area (Å²) in [6.07, 6.45) is 1.66. The van der Waals surface area contributed by atoms with Gasteiger partial charge in [0.25, 0.3) is 0 Å². The Morgan fingerprint density at radius 1 is 1.65 bits per heavy atom. The molecule has 0 aromatic heterocycles. The summed E-state index contributed by atoms with van der Waals surface area (Å²) in [6, 6.07) is 0. The second-order valence-corrected chi connectivity index (χ2v) is 4.46. The molecule has 17 heavy (non-hydrogen) atoms. The highest BCUT2D eigenvalue weighted by atomic mass is 16.6. The number of nitrogens with zero attached hydrogens (tertiary/aromatic N) is 1. The molecule has 0 spiro atoms. The quantitative estimate of drug-likeness (QED) is 0.422. The van der Waals surface area contributed by atoms with Gasteiger partial charge in [0, 0.05) is 30.6 Å². The van der Waals surface area contributed by atoms with E-state index >= 15 is 0 Å². The standard InChI is InChI=1S/C11H17NO5/c1-3-17-10(14)11(2,12(15)16)8-5-4-6-9(13)7-8/h8H,3-7H2,1-2H3. The predicted octanol–water partition coefficient (Wildman–Crippen LogP) is 1.34. The summed E-state index contributed by atoms with van der Waals surface area (Å²) in [5, 5.41) is 11.1. The van der Waals surface area contributed by atoms with Gasteiger partial charge in [-0.1, -0.05) is 0 Å². The molecule has 6 heteroatoms. The maximum Gasteiger partial charge on any atom is 0.384 e. The molecule has 0 amide bonds. The number of hydrogen-bond donors (Lipinski definition) is 0. The third-order valence-electron chi connectivity index (χ3n) is 3.35. The molecule has 1 fully saturated rings. The van der Waals surface area contributed by atoms with E-state index in [1.165, 1.54) is 6.92 Å². The van der Waals surface area contributed by atoms with Gasteiger partial charge in [-0.25, -0.2) is 4.79 Å². The summed E-state index contributed by atoms with van der Waals surface area (Å²) < 4.78 is 4.76. The van der Waals surface area contributed by atoms with Crippen molar-refractivity contribution in [2.75, 3.05) is 6.61 Å². The van der Waals surface area contributed by atoms with Gasteiger partial charge in [-0.2, -0.15) is 0 Å². The maximum atomic E-state index is 11.7. The number of ketones is 1. The average Bonchev–Trinajstić information content (AvgIpc) is 2.27. The summed E-state index contributed by atoms with van der Waals surface area (Å²) in [6.45, 7) is 2.96. The zero-order chi connectivity index (χ0) is 13.1. The topological polar surface area (TPSA) is 86.5 Å². The first-order valence-corrected chi connectivity index (χ1v) is 5.76. The molecular weight excluding hydrogens is 226 g/mol. The fourth-order valence-corrected chi connectivity index (χ4v) is 2.17. The number of nitro groups is 1. The lowest BCUT2D eigenvalue weighted by Gasteiger charge is -2.29. The third-order valence-corrected chi connectivity index (χ3v) is 3.35. The van der Waals surface area contributed by atoms with Crippen LogP contribution in [0.15, 0.2) is 0 Å². The third kappa shape index (κ3) is 2.62. The molecule has 0 N–H and O–H groups in total. The van der Waals surface area contributed by atoms with Gasteiger partial charge in [0.2, 0.25) is 0 Å². The first kappa shape index (κ1) is 13.6. The summed E-state index contributed by atoms with van der Waals surface area (Å²) >= 11 is 0. The Balaban J connectivity index is 2.94. The monoisotopic (exact) mass is 243 g/mol. The number of carbonyl (C=O) groups excluding carboxylic acids is 2. The van der Waals surface area contributed by atoms with Crippen LogP contribution in [0.2, 0.25) is 0 Å². The molecule has 0 aromatic rings. The van der Waals surface area contributed by atoms with Crippen molar-refractivity contribution in [3.63, 3.8) is 0 Å². The Morgan fingerprint density at radius 2 is 2.29 bits per heavy atom. The van der Waals surface area contributed by atoms with Crippen molar-refractivity contribution in [2.45, 2.75) is 45.1 Å². The number of Topliss-reactive ketones (excluding diaryl/α,β-unsaturated/α-hetero) is 1. The Bertz CT molecular complexity index is 341. The fraction of sp³-hybridized carbons (Fsp3) is 0.818. The minimum Gasteiger partial charge on any atom is -0.461 e. The molecule has 6 nitrogen and oxygen atoms in total. The van der Waals surface area contributed by atoms with Crippen LogP contribution in [0.1, 0.15) is 39.5 Å². The van der Waals surface area contributed by atoms with Crippen LogP contribution in [0.5, 0.6) is 0 Å². The van der Waals surface area contributed by atoms with Gasteiger partial charge in [0.15, 0.2) is 0 Å². The largest absolute Gasteiger partial charge is 0.461 e. The highest BCUT2D eigenvalue weighted by Crippen LogP contribution is 2.34. The Labute approximate surface area is 99.5 Å². The molecule has 96 valence electrons. The SMILES string of the molecule is CCOC(=O)C(C)(C1CCCC(=O)C1)[N+](=O)[O-]. The lowest BCUT2D eigenvalue weighted by molar-refractivity contribution is -0.561. The molecule has 0 aliphatic heterocycles. The molecule has 0 saturated heterocycles. The highest BCUT2D eigenvalue weighted by Gasteiger charge is 2.55. The zero-order valence-electron chi connectivity index (χ0n) is 10.1. The Morgan fingerprint density at radius 3 is 2.76 bits per heavy atom. The maximum absolute atomic E-state index is 11.7. The number of hydrogen-bond acceptors (Lipinski definition) is 5. The van der Waals surface area contributed by atoms with Gasteiger partial charge in [0.1, 0.15) is 5.78 Å². The van der Waals surface area contributed by atoms with E-state index in [-0.39, 0.29) is 18.8 Å². The summed E-state index contributed by atoms with van der Waals surface area (Å²) in [5.41, 5.74) is -1.80. The number of carbonyl (C=O) groups is 2. The first-order chi connectivity index (χ1) is 7.92. The summed E-state index contributed by atoms with van der Waals surface area (Å²) in [5.74, 6) is -1.42. The first-order valence-electron chi connectivity index (χ1n) is 5.76. The zero-order valence-corrected chi connectivity index (χ0v) is 10.1. The van der Waals surface area contributed by atoms with Crippen LogP contribution in [0.4, 0.5) is 0 Å². The normalized spacial score (nSPS) is 23.9. The molecule has 1 aliphatic rings. The van der Waals surface area contributed by atoms with E-state index in [1.807, 2.05) is 0 Å². The van der Waals surface area contributed by atoms with Gasteiger partial charge in [-0.3, -0.25) is 14.9 Å². The second-order valence-electron chi connectivity index (χ2n) is 4.46. The van der Waals surface area contributed by atoms with Crippen molar-refractivity contribution in [3.8, 4) is 0 Å². The molecule has 2 unspecified atom stereocenters. The Hall–Kier alpha value is -1.46. The number of esters is 1. The van der Waals surface area contributed by atoms with Crippen molar-refractivity contribution in [3.05, 3.63) is 10.1 Å². The van der Waals surface area contributed by atoms with E-state index in [2.05, 4.69) is 0 Å². The molecule has 1 saturated carbocycles. The van der Waals surface area contributed by atoms with Crippen LogP contribution in [0.25, 0.3) is 0 Å². The average molecular weight is 243 g/mol. The minimum absolute atomic E-state index is 0.0152. The molecule has 1 aliphatic carbocycles.